The highest BCUT2D eigenvalue weighted by molar-refractivity contribution is 7.16. The van der Waals surface area contributed by atoms with Crippen molar-refractivity contribution in [3.8, 4) is 0 Å². The van der Waals surface area contributed by atoms with Crippen LogP contribution in [0.15, 0.2) is 0 Å². The van der Waals surface area contributed by atoms with Gasteiger partial charge in [-0.2, -0.15) is 0 Å². The number of aliphatic hydroxyl groups excluding tert-OH is 1. The molecule has 7 heteroatoms. The van der Waals surface area contributed by atoms with Gasteiger partial charge in [-0.25, -0.2) is 9.78 Å². The van der Waals surface area contributed by atoms with E-state index in [0.717, 1.165) is 11.3 Å². The Labute approximate surface area is 95.9 Å². The number of carboxylic acids is 1. The number of thiazole rings is 1. The van der Waals surface area contributed by atoms with Gasteiger partial charge in [0, 0.05) is 6.92 Å². The summed E-state index contributed by atoms with van der Waals surface area (Å²) < 4.78 is 0. The number of aryl methyl sites for hydroxylation is 1. The fourth-order valence-electron chi connectivity index (χ4n) is 1.15. The Bertz CT molecular complexity index is 416. The fraction of sp³-hybridized carbons (Fsp3) is 0.444. The Hall–Kier alpha value is -1.47. The summed E-state index contributed by atoms with van der Waals surface area (Å²) in [4.78, 5) is 25.7. The van der Waals surface area contributed by atoms with Gasteiger partial charge in [0.05, 0.1) is 10.6 Å². The van der Waals surface area contributed by atoms with Crippen LogP contribution in [0.5, 0.6) is 0 Å². The minimum Gasteiger partial charge on any atom is -0.479 e. The van der Waals surface area contributed by atoms with Gasteiger partial charge in [0.15, 0.2) is 11.2 Å². The first-order chi connectivity index (χ1) is 7.45. The smallest absolute Gasteiger partial charge is 0.338 e. The molecule has 1 heterocycles. The van der Waals surface area contributed by atoms with E-state index in [9.17, 15) is 14.7 Å². The van der Waals surface area contributed by atoms with Gasteiger partial charge in [-0.05, 0) is 6.42 Å². The summed E-state index contributed by atoms with van der Waals surface area (Å²) in [6.45, 7) is 3.13. The zero-order chi connectivity index (χ0) is 12.3. The Balaban J connectivity index is 3.03. The molecule has 0 bridgehead atoms. The van der Waals surface area contributed by atoms with Crippen molar-refractivity contribution in [1.29, 1.82) is 0 Å². The van der Waals surface area contributed by atoms with Crippen molar-refractivity contribution in [3.63, 3.8) is 0 Å². The molecule has 88 valence electrons. The van der Waals surface area contributed by atoms with E-state index in [4.69, 9.17) is 5.11 Å². The van der Waals surface area contributed by atoms with Gasteiger partial charge in [-0.1, -0.05) is 18.3 Å². The number of hydrogen-bond donors (Lipinski definition) is 3. The quantitative estimate of drug-likeness (QED) is 0.726. The summed E-state index contributed by atoms with van der Waals surface area (Å²) in [5, 5.41) is 20.9. The predicted molar refractivity (Wildman–Crippen MR) is 58.4 cm³/mol. The van der Waals surface area contributed by atoms with E-state index in [0.29, 0.717) is 17.2 Å². The predicted octanol–water partition coefficient (Wildman–Crippen LogP) is 0.782. The maximum Gasteiger partial charge on any atom is 0.338 e. The lowest BCUT2D eigenvalue weighted by molar-refractivity contribution is -0.146. The topological polar surface area (TPSA) is 99.5 Å². The van der Waals surface area contributed by atoms with E-state index in [1.54, 1.807) is 6.92 Å². The number of nitrogens with one attached hydrogen (secondary N) is 1. The zero-order valence-electron chi connectivity index (χ0n) is 8.85. The maximum atomic E-state index is 10.8. The first-order valence-electron chi connectivity index (χ1n) is 4.63. The number of carboxylic acid groups (broad SMARTS) is 1. The van der Waals surface area contributed by atoms with Crippen LogP contribution in [0.3, 0.4) is 0 Å². The Morgan fingerprint density at radius 1 is 1.56 bits per heavy atom. The molecule has 0 aliphatic heterocycles. The first kappa shape index (κ1) is 12.6. The Morgan fingerprint density at radius 3 is 2.62 bits per heavy atom. The van der Waals surface area contributed by atoms with Gasteiger partial charge in [0.1, 0.15) is 0 Å². The zero-order valence-corrected chi connectivity index (χ0v) is 9.67. The molecule has 0 saturated carbocycles. The monoisotopic (exact) mass is 244 g/mol. The average Bonchev–Trinajstić information content (AvgIpc) is 2.58. The molecule has 1 rings (SSSR count). The molecule has 0 aliphatic carbocycles. The van der Waals surface area contributed by atoms with Crippen molar-refractivity contribution in [1.82, 2.24) is 4.98 Å². The van der Waals surface area contributed by atoms with E-state index in [1.165, 1.54) is 6.92 Å². The van der Waals surface area contributed by atoms with Crippen LogP contribution >= 0.6 is 11.3 Å². The van der Waals surface area contributed by atoms with Crippen molar-refractivity contribution in [2.24, 2.45) is 0 Å². The number of carbonyl (C=O) groups is 2. The van der Waals surface area contributed by atoms with E-state index in [-0.39, 0.29) is 10.8 Å². The SMILES string of the molecule is CCc1nc(NC(C)=O)sc1C(O)C(=O)O. The summed E-state index contributed by atoms with van der Waals surface area (Å²) in [6.07, 6.45) is -1.09. The fourth-order valence-corrected chi connectivity index (χ4v) is 2.23. The average molecular weight is 244 g/mol. The molecule has 3 N–H and O–H groups in total. The Kier molecular flexibility index (Phi) is 3.97. The third-order valence-corrected chi connectivity index (χ3v) is 2.89. The highest BCUT2D eigenvalue weighted by Gasteiger charge is 2.23. The number of aliphatic carboxylic acids is 1. The van der Waals surface area contributed by atoms with Crippen LogP contribution in [0.25, 0.3) is 0 Å². The van der Waals surface area contributed by atoms with Crippen molar-refractivity contribution in [2.45, 2.75) is 26.4 Å². The minimum absolute atomic E-state index is 0.263. The summed E-state index contributed by atoms with van der Waals surface area (Å²) in [7, 11) is 0. The number of carbonyl (C=O) groups excluding carboxylic acids is 1. The van der Waals surface area contributed by atoms with Gasteiger partial charge < -0.3 is 15.5 Å². The molecular weight excluding hydrogens is 232 g/mol. The molecule has 0 fully saturated rings. The van der Waals surface area contributed by atoms with Crippen molar-refractivity contribution < 1.29 is 19.8 Å². The highest BCUT2D eigenvalue weighted by atomic mass is 32.1. The number of anilines is 1. The third kappa shape index (κ3) is 2.77. The van der Waals surface area contributed by atoms with Gasteiger partial charge in [0.2, 0.25) is 5.91 Å². The molecule has 6 nitrogen and oxygen atoms in total. The van der Waals surface area contributed by atoms with E-state index >= 15 is 0 Å². The second-order valence-electron chi connectivity index (χ2n) is 3.11. The lowest BCUT2D eigenvalue weighted by atomic mass is 10.2. The number of rotatable bonds is 4. The molecule has 0 radical (unpaired) electrons. The largest absolute Gasteiger partial charge is 0.479 e. The van der Waals surface area contributed by atoms with Gasteiger partial charge in [0.25, 0.3) is 0 Å². The standard InChI is InChI=1S/C9H12N2O4S/c1-3-5-7(6(13)8(14)15)16-9(11-5)10-4(2)12/h6,13H,3H2,1-2H3,(H,14,15)(H,10,11,12). The number of aliphatic hydroxyl groups is 1. The van der Waals surface area contributed by atoms with Crippen LogP contribution < -0.4 is 5.32 Å². The summed E-state index contributed by atoms with van der Waals surface area (Å²) in [5.74, 6) is -1.61. The molecule has 0 saturated heterocycles. The summed E-state index contributed by atoms with van der Waals surface area (Å²) in [6, 6.07) is 0. The van der Waals surface area contributed by atoms with Crippen LogP contribution in [-0.4, -0.2) is 27.1 Å². The van der Waals surface area contributed by atoms with E-state index < -0.39 is 12.1 Å². The molecule has 0 aromatic carbocycles. The number of aromatic nitrogens is 1. The van der Waals surface area contributed by atoms with Crippen LogP contribution in [0.4, 0.5) is 5.13 Å². The number of amides is 1. The molecule has 1 unspecified atom stereocenters. The lowest BCUT2D eigenvalue weighted by Gasteiger charge is -2.02. The molecule has 16 heavy (non-hydrogen) atoms. The normalized spacial score (nSPS) is 12.2. The highest BCUT2D eigenvalue weighted by Crippen LogP contribution is 2.29. The molecular formula is C9H12N2O4S. The molecule has 1 atom stereocenters. The van der Waals surface area contributed by atoms with E-state index in [1.807, 2.05) is 0 Å². The molecule has 0 spiro atoms. The van der Waals surface area contributed by atoms with Crippen molar-refractivity contribution >= 4 is 28.3 Å². The van der Waals surface area contributed by atoms with Gasteiger partial charge in [-0.3, -0.25) is 4.79 Å². The molecule has 1 amide bonds. The van der Waals surface area contributed by atoms with Crippen LogP contribution in [0.1, 0.15) is 30.5 Å². The maximum absolute atomic E-state index is 10.8. The molecule has 1 aromatic rings. The van der Waals surface area contributed by atoms with E-state index in [2.05, 4.69) is 10.3 Å². The van der Waals surface area contributed by atoms with Crippen molar-refractivity contribution in [2.75, 3.05) is 5.32 Å². The van der Waals surface area contributed by atoms with Crippen molar-refractivity contribution in [3.05, 3.63) is 10.6 Å². The van der Waals surface area contributed by atoms with Gasteiger partial charge in [-0.15, -0.1) is 0 Å². The molecule has 0 aliphatic rings. The second-order valence-corrected chi connectivity index (χ2v) is 4.14. The summed E-state index contributed by atoms with van der Waals surface area (Å²) >= 11 is 0.975. The van der Waals surface area contributed by atoms with Crippen LogP contribution in [-0.2, 0) is 16.0 Å². The van der Waals surface area contributed by atoms with Crippen LogP contribution in [0.2, 0.25) is 0 Å². The third-order valence-electron chi connectivity index (χ3n) is 1.83. The summed E-state index contributed by atoms with van der Waals surface area (Å²) in [5.41, 5.74) is 0.489. The van der Waals surface area contributed by atoms with Crippen LogP contribution in [0, 0.1) is 0 Å². The number of nitrogens with zero attached hydrogens (tertiary/aromatic N) is 1. The first-order valence-corrected chi connectivity index (χ1v) is 5.45. The lowest BCUT2D eigenvalue weighted by Crippen LogP contribution is -2.10. The minimum atomic E-state index is -1.59. The number of hydrogen-bond acceptors (Lipinski definition) is 5. The Morgan fingerprint density at radius 2 is 2.19 bits per heavy atom. The molecule has 1 aromatic heterocycles. The second kappa shape index (κ2) is 5.04. The van der Waals surface area contributed by atoms with Gasteiger partial charge >= 0.3 is 5.97 Å².